The predicted molar refractivity (Wildman–Crippen MR) is 106 cm³/mol. The molecule has 0 saturated heterocycles. The molecule has 0 atom stereocenters. The number of benzene rings is 1. The molecule has 3 aromatic heterocycles. The average Bonchev–Trinajstić information content (AvgIpc) is 2.97. The molecule has 0 unspecified atom stereocenters. The van der Waals surface area contributed by atoms with Crippen molar-refractivity contribution in [3.8, 4) is 0 Å². The van der Waals surface area contributed by atoms with E-state index in [-0.39, 0.29) is 23.7 Å². The van der Waals surface area contributed by atoms with Crippen molar-refractivity contribution in [3.63, 3.8) is 0 Å². The molecule has 9 nitrogen and oxygen atoms in total. The average molecular weight is 397 g/mol. The van der Waals surface area contributed by atoms with Crippen molar-refractivity contribution in [2.45, 2.75) is 17.0 Å². The van der Waals surface area contributed by atoms with E-state index in [2.05, 4.69) is 15.0 Å². The van der Waals surface area contributed by atoms with E-state index in [0.29, 0.717) is 10.7 Å². The standard InChI is InChI=1S/C18H15N5O4S/c1-9-7-13(25)27-12-8-10(3-4-11(9)12)28-18-20-14-15(23(18)5-2-6-24)21-17(19)22-16(14)26/h2-5,7-8,24H,6H2,1H3,(H3,19,21,22,26). The number of nitrogens with one attached hydrogen (secondary N) is 1. The van der Waals surface area contributed by atoms with Crippen molar-refractivity contribution in [2.24, 2.45) is 0 Å². The zero-order chi connectivity index (χ0) is 19.8. The van der Waals surface area contributed by atoms with Gasteiger partial charge in [-0.2, -0.15) is 4.98 Å². The van der Waals surface area contributed by atoms with Crippen LogP contribution in [0.2, 0.25) is 0 Å². The molecule has 3 heterocycles. The fourth-order valence-corrected chi connectivity index (χ4v) is 3.71. The maximum atomic E-state index is 12.2. The number of aromatic nitrogens is 4. The number of fused-ring (bicyclic) bond motifs is 2. The molecule has 4 N–H and O–H groups in total. The van der Waals surface area contributed by atoms with Crippen molar-refractivity contribution in [3.05, 3.63) is 56.7 Å². The molecule has 0 saturated carbocycles. The number of nitrogens with two attached hydrogens (primary N) is 1. The molecule has 0 aliphatic rings. The van der Waals surface area contributed by atoms with Gasteiger partial charge in [-0.3, -0.25) is 14.3 Å². The van der Waals surface area contributed by atoms with E-state index in [4.69, 9.17) is 15.3 Å². The molecule has 4 rings (SSSR count). The van der Waals surface area contributed by atoms with E-state index in [0.717, 1.165) is 15.8 Å². The first-order valence-corrected chi connectivity index (χ1v) is 9.05. The summed E-state index contributed by atoms with van der Waals surface area (Å²) in [5.74, 6) is -0.0319. The number of nitrogen functional groups attached to an aromatic ring is 1. The fraction of sp³-hybridized carbons (Fsp3) is 0.111. The van der Waals surface area contributed by atoms with Gasteiger partial charge in [0.15, 0.2) is 16.3 Å². The number of hydrogen-bond donors (Lipinski definition) is 3. The summed E-state index contributed by atoms with van der Waals surface area (Å²) >= 11 is 1.25. The zero-order valence-electron chi connectivity index (χ0n) is 14.7. The van der Waals surface area contributed by atoms with Crippen LogP contribution in [0, 0.1) is 6.92 Å². The number of H-pyrrole nitrogens is 1. The minimum atomic E-state index is -0.458. The second-order valence-corrected chi connectivity index (χ2v) is 7.00. The summed E-state index contributed by atoms with van der Waals surface area (Å²) in [6.07, 6.45) is 3.06. The van der Waals surface area contributed by atoms with Crippen LogP contribution in [0.15, 0.2) is 54.4 Å². The topological polar surface area (TPSA) is 140 Å². The summed E-state index contributed by atoms with van der Waals surface area (Å²) in [6.45, 7) is 1.65. The van der Waals surface area contributed by atoms with Gasteiger partial charge in [-0.05, 0) is 36.8 Å². The van der Waals surface area contributed by atoms with Crippen LogP contribution in [0.3, 0.4) is 0 Å². The first-order valence-electron chi connectivity index (χ1n) is 8.24. The molecule has 142 valence electrons. The Hall–Kier alpha value is -3.37. The number of aliphatic hydroxyl groups is 1. The molecule has 10 heteroatoms. The van der Waals surface area contributed by atoms with Crippen LogP contribution < -0.4 is 16.9 Å². The van der Waals surface area contributed by atoms with Crippen LogP contribution in [0.4, 0.5) is 5.95 Å². The number of aryl methyl sites for hydroxylation is 1. The molecule has 0 spiro atoms. The van der Waals surface area contributed by atoms with Gasteiger partial charge < -0.3 is 15.3 Å². The van der Waals surface area contributed by atoms with Gasteiger partial charge in [0.05, 0.1) is 6.61 Å². The first-order chi connectivity index (χ1) is 13.5. The van der Waals surface area contributed by atoms with Crippen molar-refractivity contribution < 1.29 is 9.52 Å². The van der Waals surface area contributed by atoms with Crippen LogP contribution in [0.5, 0.6) is 0 Å². The molecule has 0 aliphatic carbocycles. The molecule has 0 bridgehead atoms. The van der Waals surface area contributed by atoms with Crippen LogP contribution in [-0.2, 0) is 0 Å². The van der Waals surface area contributed by atoms with E-state index >= 15 is 0 Å². The monoisotopic (exact) mass is 397 g/mol. The summed E-state index contributed by atoms with van der Waals surface area (Å²) < 4.78 is 6.85. The smallest absolute Gasteiger partial charge is 0.336 e. The Kier molecular flexibility index (Phi) is 4.49. The van der Waals surface area contributed by atoms with Crippen molar-refractivity contribution in [1.82, 2.24) is 19.5 Å². The van der Waals surface area contributed by atoms with Gasteiger partial charge in [-0.25, -0.2) is 9.78 Å². The predicted octanol–water partition coefficient (Wildman–Crippen LogP) is 1.73. The number of imidazole rings is 1. The SMILES string of the molecule is Cc1cc(=O)oc2cc(Sc3nc4c(=O)[nH]c(N)nc4n3C=CCO)ccc12. The van der Waals surface area contributed by atoms with Crippen LogP contribution in [-0.4, -0.2) is 31.2 Å². The number of hydrogen-bond acceptors (Lipinski definition) is 8. The summed E-state index contributed by atoms with van der Waals surface area (Å²) in [7, 11) is 0. The van der Waals surface area contributed by atoms with Crippen molar-refractivity contribution in [2.75, 3.05) is 12.3 Å². The highest BCUT2D eigenvalue weighted by molar-refractivity contribution is 7.99. The van der Waals surface area contributed by atoms with Gasteiger partial charge in [-0.1, -0.05) is 11.8 Å². The third kappa shape index (κ3) is 3.19. The second kappa shape index (κ2) is 6.98. The lowest BCUT2D eigenvalue weighted by atomic mass is 10.1. The highest BCUT2D eigenvalue weighted by atomic mass is 32.2. The van der Waals surface area contributed by atoms with Crippen LogP contribution >= 0.6 is 11.8 Å². The minimum Gasteiger partial charge on any atom is -0.423 e. The Labute approximate surface area is 161 Å². The molecule has 0 amide bonds. The van der Waals surface area contributed by atoms with Gasteiger partial charge in [0.25, 0.3) is 5.56 Å². The fourth-order valence-electron chi connectivity index (χ4n) is 2.81. The van der Waals surface area contributed by atoms with Crippen LogP contribution in [0.25, 0.3) is 28.3 Å². The molecule has 1 aromatic carbocycles. The Morgan fingerprint density at radius 1 is 1.32 bits per heavy atom. The van der Waals surface area contributed by atoms with Crippen molar-refractivity contribution >= 4 is 46.0 Å². The van der Waals surface area contributed by atoms with Crippen molar-refractivity contribution in [1.29, 1.82) is 0 Å². The van der Waals surface area contributed by atoms with Gasteiger partial charge in [-0.15, -0.1) is 0 Å². The maximum Gasteiger partial charge on any atom is 0.336 e. The quantitative estimate of drug-likeness (QED) is 0.442. The Bertz CT molecular complexity index is 1350. The molecule has 0 radical (unpaired) electrons. The summed E-state index contributed by atoms with van der Waals surface area (Å²) in [4.78, 5) is 35.5. The zero-order valence-corrected chi connectivity index (χ0v) is 15.5. The maximum absolute atomic E-state index is 12.2. The Balaban J connectivity index is 1.86. The first kappa shape index (κ1) is 18.0. The number of nitrogens with zero attached hydrogens (tertiary/aromatic N) is 3. The normalized spacial score (nSPS) is 11.8. The lowest BCUT2D eigenvalue weighted by Crippen LogP contribution is -2.11. The molecule has 4 aromatic rings. The largest absolute Gasteiger partial charge is 0.423 e. The van der Waals surface area contributed by atoms with Gasteiger partial charge >= 0.3 is 5.63 Å². The van der Waals surface area contributed by atoms with E-state index in [1.807, 2.05) is 19.1 Å². The lowest BCUT2D eigenvalue weighted by Gasteiger charge is -2.05. The highest BCUT2D eigenvalue weighted by Gasteiger charge is 2.16. The van der Waals surface area contributed by atoms with Gasteiger partial charge in [0, 0.05) is 22.5 Å². The third-order valence-corrected chi connectivity index (χ3v) is 4.99. The van der Waals surface area contributed by atoms with E-state index in [1.165, 1.54) is 23.9 Å². The minimum absolute atomic E-state index is 0.0319. The molecular weight excluding hydrogens is 382 g/mol. The Morgan fingerprint density at radius 3 is 2.93 bits per heavy atom. The van der Waals surface area contributed by atoms with Gasteiger partial charge in [0.1, 0.15) is 5.58 Å². The summed E-state index contributed by atoms with van der Waals surface area (Å²) in [5, 5.41) is 10.4. The molecular formula is C18H15N5O4S. The highest BCUT2D eigenvalue weighted by Crippen LogP contribution is 2.31. The Morgan fingerprint density at radius 2 is 2.14 bits per heavy atom. The third-order valence-electron chi connectivity index (χ3n) is 4.03. The van der Waals surface area contributed by atoms with Crippen LogP contribution in [0.1, 0.15) is 5.56 Å². The number of aromatic amines is 1. The van der Waals surface area contributed by atoms with E-state index in [1.54, 1.807) is 16.8 Å². The molecule has 28 heavy (non-hydrogen) atoms. The van der Waals surface area contributed by atoms with Gasteiger partial charge in [0.2, 0.25) is 5.95 Å². The number of aliphatic hydroxyl groups excluding tert-OH is 1. The summed E-state index contributed by atoms with van der Waals surface area (Å²) in [6, 6.07) is 6.90. The van der Waals surface area contributed by atoms with E-state index in [9.17, 15) is 9.59 Å². The van der Waals surface area contributed by atoms with E-state index < -0.39 is 11.2 Å². The number of rotatable bonds is 4. The summed E-state index contributed by atoms with van der Waals surface area (Å²) in [5.41, 5.74) is 6.46. The molecule has 0 fully saturated rings. The number of anilines is 1. The second-order valence-electron chi connectivity index (χ2n) is 5.96. The molecule has 0 aliphatic heterocycles. The lowest BCUT2D eigenvalue weighted by molar-refractivity contribution is 0.343.